The first-order chi connectivity index (χ1) is 51.7. The van der Waals surface area contributed by atoms with Crippen LogP contribution in [0.25, 0.3) is 0 Å². The largest absolute Gasteiger partial charge is 0.472 e. The summed E-state index contributed by atoms with van der Waals surface area (Å²) in [5, 5.41) is 10.6. The number of hydrogen-bond donors (Lipinski definition) is 3. The van der Waals surface area contributed by atoms with Gasteiger partial charge in [-0.2, -0.15) is 0 Å². The number of carbonyl (C=O) groups excluding carboxylic acids is 4. The molecule has 0 radical (unpaired) electrons. The van der Waals surface area contributed by atoms with E-state index in [1.807, 2.05) is 24.3 Å². The standard InChI is InChI=1S/C87H140O17P2/c1-5-9-13-17-21-25-29-33-37-39-40-42-46-48-52-56-60-64-68-72-85(90)98-78-83(104-87(92)74-70-66-62-58-54-50-44-36-32-28-24-20-16-12-8-4)80-102-106(95,96)100-76-81(88)75-99-105(93,94)101-79-82(103-86(91)73-69-65-61-57-53-49-43-35-31-27-23-19-15-11-7-3)77-97-84(89)71-67-63-59-55-51-47-45-41-38-34-30-26-22-18-14-10-6-2/h9-10,12-14,16,21-28,33-38,40,42-44,48,52,54,58,60,64,81-83,88H,5-8,11,15,17-20,29-32,39,41,45-47,49-51,53,55-57,59,61-63,65-80H2,1-4H3,(H,93,94)(H,95,96)/b13-9-,14-10-,16-12-,25-21-,26-22-,27-23-,28-24-,37-33-,38-34-,42-40-,43-35-,44-36-,52-48-,58-54-,64-60-. The molecule has 17 nitrogen and oxygen atoms in total. The summed E-state index contributed by atoms with van der Waals surface area (Å²) in [6.07, 6.45) is 93.2. The number of phosphoric acid groups is 2. The topological polar surface area (TPSA) is 237 Å². The minimum Gasteiger partial charge on any atom is -0.462 e. The second kappa shape index (κ2) is 77.3. The second-order valence-corrected chi connectivity index (χ2v) is 28.8. The smallest absolute Gasteiger partial charge is 0.462 e. The zero-order valence-electron chi connectivity index (χ0n) is 65.5. The molecule has 0 aliphatic carbocycles. The van der Waals surface area contributed by atoms with Gasteiger partial charge < -0.3 is 33.8 Å². The molecular formula is C87H140O17P2. The fourth-order valence-electron chi connectivity index (χ4n) is 9.87. The van der Waals surface area contributed by atoms with Crippen molar-refractivity contribution in [3.05, 3.63) is 182 Å². The van der Waals surface area contributed by atoms with Crippen molar-refractivity contribution in [3.63, 3.8) is 0 Å². The molecule has 3 N–H and O–H groups in total. The van der Waals surface area contributed by atoms with Gasteiger partial charge in [0.15, 0.2) is 12.2 Å². The quantitative estimate of drug-likeness (QED) is 0.0169. The van der Waals surface area contributed by atoms with Gasteiger partial charge >= 0.3 is 39.5 Å². The van der Waals surface area contributed by atoms with Gasteiger partial charge in [-0.3, -0.25) is 37.3 Å². The van der Waals surface area contributed by atoms with Crippen LogP contribution < -0.4 is 0 Å². The van der Waals surface area contributed by atoms with E-state index in [1.165, 1.54) is 19.3 Å². The van der Waals surface area contributed by atoms with Crippen molar-refractivity contribution >= 4 is 39.5 Å². The lowest BCUT2D eigenvalue weighted by molar-refractivity contribution is -0.161. The van der Waals surface area contributed by atoms with E-state index < -0.39 is 97.5 Å². The van der Waals surface area contributed by atoms with Crippen LogP contribution in [-0.4, -0.2) is 96.7 Å². The van der Waals surface area contributed by atoms with E-state index in [1.54, 1.807) is 0 Å². The number of aliphatic hydroxyl groups is 1. The highest BCUT2D eigenvalue weighted by Crippen LogP contribution is 2.45. The summed E-state index contributed by atoms with van der Waals surface area (Å²) < 4.78 is 68.5. The zero-order chi connectivity index (χ0) is 77.4. The Morgan fingerprint density at radius 2 is 0.509 bits per heavy atom. The molecule has 5 atom stereocenters. The van der Waals surface area contributed by atoms with Gasteiger partial charge in [-0.15, -0.1) is 0 Å². The molecule has 0 rings (SSSR count). The number of unbranched alkanes of at least 4 members (excludes halogenated alkanes) is 17. The third kappa shape index (κ3) is 76.4. The van der Waals surface area contributed by atoms with Crippen molar-refractivity contribution in [3.8, 4) is 0 Å². The molecule has 0 heterocycles. The highest BCUT2D eigenvalue weighted by atomic mass is 31.2. The average molecular weight is 1520 g/mol. The summed E-state index contributed by atoms with van der Waals surface area (Å²) in [7, 11) is -10.0. The van der Waals surface area contributed by atoms with E-state index in [2.05, 4.69) is 186 Å². The van der Waals surface area contributed by atoms with E-state index >= 15 is 0 Å². The fraction of sp³-hybridized carbons (Fsp3) is 0.609. The Hall–Kier alpha value is -5.84. The number of rotatable bonds is 73. The van der Waals surface area contributed by atoms with Crippen LogP contribution in [0.3, 0.4) is 0 Å². The summed E-state index contributed by atoms with van der Waals surface area (Å²) in [4.78, 5) is 73.0. The van der Waals surface area contributed by atoms with Crippen LogP contribution >= 0.6 is 15.6 Å². The molecule has 0 aliphatic heterocycles. The van der Waals surface area contributed by atoms with Gasteiger partial charge in [-0.25, -0.2) is 9.13 Å². The maximum atomic E-state index is 13.1. The summed E-state index contributed by atoms with van der Waals surface area (Å²) in [6.45, 7) is 4.33. The molecule has 0 aromatic carbocycles. The highest BCUT2D eigenvalue weighted by Gasteiger charge is 2.30. The van der Waals surface area contributed by atoms with E-state index in [0.717, 1.165) is 173 Å². The minimum absolute atomic E-state index is 0.0194. The molecule has 106 heavy (non-hydrogen) atoms. The van der Waals surface area contributed by atoms with Crippen molar-refractivity contribution in [1.82, 2.24) is 0 Å². The molecule has 19 heteroatoms. The van der Waals surface area contributed by atoms with Crippen LogP contribution in [-0.2, 0) is 65.4 Å². The van der Waals surface area contributed by atoms with E-state index in [4.69, 9.17) is 37.0 Å². The van der Waals surface area contributed by atoms with Crippen LogP contribution in [0.1, 0.15) is 285 Å². The zero-order valence-corrected chi connectivity index (χ0v) is 67.3. The summed E-state index contributed by atoms with van der Waals surface area (Å²) in [6, 6.07) is 0. The Kier molecular flexibility index (Phi) is 73.1. The number of phosphoric ester groups is 2. The third-order valence-electron chi connectivity index (χ3n) is 15.9. The molecule has 0 fully saturated rings. The van der Waals surface area contributed by atoms with Crippen LogP contribution in [0.4, 0.5) is 0 Å². The first-order valence-electron chi connectivity index (χ1n) is 40.0. The SMILES string of the molecule is CC/C=C\C/C=C\C/C=C\C/C=C\C/C=C\C/C=C\CCC(=O)OCC(COP(=O)(O)OCC(O)COP(=O)(O)OCC(COC(=O)CCCCCCCCC/C=C\C/C=C\C/C=C\CC)OC(=O)CCCCCCC/C=C\C/C=C\CCCCC)OC(=O)CCCC/C=C\C/C=C\C/C=C\C/C=C\CC. The van der Waals surface area contributed by atoms with E-state index in [0.29, 0.717) is 38.5 Å². The van der Waals surface area contributed by atoms with Crippen LogP contribution in [0.2, 0.25) is 0 Å². The molecule has 0 bridgehead atoms. The van der Waals surface area contributed by atoms with Crippen LogP contribution in [0, 0.1) is 0 Å². The van der Waals surface area contributed by atoms with Gasteiger partial charge in [0.05, 0.1) is 26.4 Å². The monoisotopic (exact) mass is 1520 g/mol. The highest BCUT2D eigenvalue weighted by molar-refractivity contribution is 7.47. The van der Waals surface area contributed by atoms with E-state index in [9.17, 15) is 43.2 Å². The maximum absolute atomic E-state index is 13.1. The number of allylic oxidation sites excluding steroid dienone is 30. The second-order valence-electron chi connectivity index (χ2n) is 25.9. The molecule has 5 unspecified atom stereocenters. The van der Waals surface area contributed by atoms with Crippen molar-refractivity contribution in [1.29, 1.82) is 0 Å². The normalized spacial score (nSPS) is 14.8. The Balaban J connectivity index is 5.50. The molecule has 0 aromatic rings. The molecule has 0 saturated carbocycles. The molecule has 0 aromatic heterocycles. The summed E-state index contributed by atoms with van der Waals surface area (Å²) in [5.74, 6) is -2.36. The summed E-state index contributed by atoms with van der Waals surface area (Å²) in [5.41, 5.74) is 0. The van der Waals surface area contributed by atoms with Crippen LogP contribution in [0.15, 0.2) is 182 Å². The summed E-state index contributed by atoms with van der Waals surface area (Å²) >= 11 is 0. The van der Waals surface area contributed by atoms with Gasteiger partial charge in [-0.1, -0.05) is 274 Å². The van der Waals surface area contributed by atoms with Crippen molar-refractivity contribution in [2.24, 2.45) is 0 Å². The van der Waals surface area contributed by atoms with Gasteiger partial charge in [0.25, 0.3) is 0 Å². The predicted molar refractivity (Wildman–Crippen MR) is 436 cm³/mol. The average Bonchev–Trinajstić information content (AvgIpc) is 0.909. The van der Waals surface area contributed by atoms with Gasteiger partial charge in [-0.05, 0) is 167 Å². The maximum Gasteiger partial charge on any atom is 0.472 e. The Morgan fingerprint density at radius 1 is 0.274 bits per heavy atom. The molecule has 0 spiro atoms. The number of hydrogen-bond acceptors (Lipinski definition) is 15. The van der Waals surface area contributed by atoms with Gasteiger partial charge in [0.1, 0.15) is 19.3 Å². The number of esters is 4. The van der Waals surface area contributed by atoms with E-state index in [-0.39, 0.29) is 25.7 Å². The molecule has 0 saturated heterocycles. The first kappa shape index (κ1) is 100. The Morgan fingerprint density at radius 3 is 0.830 bits per heavy atom. The van der Waals surface area contributed by atoms with Crippen molar-refractivity contribution in [2.75, 3.05) is 39.6 Å². The lowest BCUT2D eigenvalue weighted by atomic mass is 10.1. The fourth-order valence-corrected chi connectivity index (χ4v) is 11.4. The number of ether oxygens (including phenoxy) is 4. The Labute approximate surface area is 641 Å². The molecule has 0 amide bonds. The number of aliphatic hydroxyl groups excluding tert-OH is 1. The van der Waals surface area contributed by atoms with Gasteiger partial charge in [0, 0.05) is 25.7 Å². The van der Waals surface area contributed by atoms with Crippen molar-refractivity contribution < 1.29 is 80.2 Å². The Bertz CT molecular complexity index is 2730. The molecular weight excluding hydrogens is 1380 g/mol. The van der Waals surface area contributed by atoms with Crippen LogP contribution in [0.5, 0.6) is 0 Å². The molecule has 0 aliphatic rings. The lowest BCUT2D eigenvalue weighted by Crippen LogP contribution is -2.30. The lowest BCUT2D eigenvalue weighted by Gasteiger charge is -2.21. The first-order valence-corrected chi connectivity index (χ1v) is 43.0. The van der Waals surface area contributed by atoms with Crippen molar-refractivity contribution in [2.45, 2.75) is 303 Å². The molecule has 600 valence electrons. The predicted octanol–water partition coefficient (Wildman–Crippen LogP) is 23.6. The minimum atomic E-state index is -5.02. The van der Waals surface area contributed by atoms with Gasteiger partial charge in [0.2, 0.25) is 0 Å². The third-order valence-corrected chi connectivity index (χ3v) is 17.8. The number of carbonyl (C=O) groups is 4.